The van der Waals surface area contributed by atoms with Crippen molar-refractivity contribution in [1.29, 1.82) is 0 Å². The lowest BCUT2D eigenvalue weighted by Gasteiger charge is -2.23. The lowest BCUT2D eigenvalue weighted by atomic mass is 10.2. The third kappa shape index (κ3) is 2.59. The number of anilines is 3. The van der Waals surface area contributed by atoms with Gasteiger partial charge >= 0.3 is 0 Å². The van der Waals surface area contributed by atoms with Crippen LogP contribution in [0.5, 0.6) is 0 Å². The zero-order valence-corrected chi connectivity index (χ0v) is 10.5. The molecule has 0 aliphatic rings. The van der Waals surface area contributed by atoms with Gasteiger partial charge in [0.1, 0.15) is 11.6 Å². The summed E-state index contributed by atoms with van der Waals surface area (Å²) in [4.78, 5) is 6.21. The van der Waals surface area contributed by atoms with Crippen LogP contribution in [0.1, 0.15) is 6.92 Å². The Labute approximate surface area is 106 Å². The van der Waals surface area contributed by atoms with Gasteiger partial charge in [0.2, 0.25) is 0 Å². The van der Waals surface area contributed by atoms with Gasteiger partial charge in [0, 0.05) is 37.2 Å². The van der Waals surface area contributed by atoms with E-state index in [1.807, 2.05) is 37.1 Å². The van der Waals surface area contributed by atoms with Gasteiger partial charge in [-0.1, -0.05) is 6.07 Å². The van der Waals surface area contributed by atoms with Crippen molar-refractivity contribution >= 4 is 17.2 Å². The van der Waals surface area contributed by atoms with E-state index in [0.29, 0.717) is 0 Å². The number of nitrogens with zero attached hydrogens (tertiary/aromatic N) is 2. The van der Waals surface area contributed by atoms with Crippen molar-refractivity contribution in [3.8, 4) is 0 Å². The zero-order valence-electron chi connectivity index (χ0n) is 10.5. The van der Waals surface area contributed by atoms with Gasteiger partial charge in [0.05, 0.1) is 0 Å². The Morgan fingerprint density at radius 1 is 1.22 bits per heavy atom. The molecular weight excluding hydrogens is 229 g/mol. The molecule has 3 nitrogen and oxygen atoms in total. The van der Waals surface area contributed by atoms with Crippen molar-refractivity contribution in [2.24, 2.45) is 0 Å². The Balaban J connectivity index is 2.38. The van der Waals surface area contributed by atoms with Gasteiger partial charge in [0.25, 0.3) is 0 Å². The van der Waals surface area contributed by atoms with Gasteiger partial charge in [-0.2, -0.15) is 0 Å². The number of hydrogen-bond acceptors (Lipinski definition) is 3. The fraction of sp³-hybridized carbons (Fsp3) is 0.214. The summed E-state index contributed by atoms with van der Waals surface area (Å²) in [5.74, 6) is 0.566. The standard InChI is InChI=1S/C14H16FN3/c1-3-18(12-6-4-5-11(15)9-12)13-7-8-17-14(10-13)16-2/h4-10H,3H2,1-2H3,(H,16,17). The molecule has 18 heavy (non-hydrogen) atoms. The third-order valence-corrected chi connectivity index (χ3v) is 2.75. The monoisotopic (exact) mass is 245 g/mol. The highest BCUT2D eigenvalue weighted by atomic mass is 19.1. The van der Waals surface area contributed by atoms with Gasteiger partial charge in [-0.3, -0.25) is 0 Å². The molecule has 0 unspecified atom stereocenters. The van der Waals surface area contributed by atoms with Crippen molar-refractivity contribution in [1.82, 2.24) is 4.98 Å². The molecule has 2 rings (SSSR count). The zero-order chi connectivity index (χ0) is 13.0. The quantitative estimate of drug-likeness (QED) is 0.894. The smallest absolute Gasteiger partial charge is 0.127 e. The summed E-state index contributed by atoms with van der Waals surface area (Å²) >= 11 is 0. The Kier molecular flexibility index (Phi) is 3.77. The van der Waals surface area contributed by atoms with Crippen LogP contribution in [0.15, 0.2) is 42.6 Å². The van der Waals surface area contributed by atoms with Crippen LogP contribution >= 0.6 is 0 Å². The molecule has 4 heteroatoms. The highest BCUT2D eigenvalue weighted by Crippen LogP contribution is 2.26. The summed E-state index contributed by atoms with van der Waals surface area (Å²) in [5.41, 5.74) is 1.83. The molecule has 1 heterocycles. The van der Waals surface area contributed by atoms with E-state index in [4.69, 9.17) is 0 Å². The van der Waals surface area contributed by atoms with Crippen LogP contribution in [0.25, 0.3) is 0 Å². The Bertz CT molecular complexity index is 528. The first-order valence-electron chi connectivity index (χ1n) is 5.91. The van der Waals surface area contributed by atoms with Crippen LogP contribution in [0, 0.1) is 5.82 Å². The summed E-state index contributed by atoms with van der Waals surface area (Å²) in [7, 11) is 1.82. The highest BCUT2D eigenvalue weighted by Gasteiger charge is 2.08. The van der Waals surface area contributed by atoms with Crippen LogP contribution < -0.4 is 10.2 Å². The van der Waals surface area contributed by atoms with Crippen molar-refractivity contribution in [3.63, 3.8) is 0 Å². The lowest BCUT2D eigenvalue weighted by molar-refractivity contribution is 0.627. The molecule has 0 aliphatic carbocycles. The molecular formula is C14H16FN3. The molecule has 0 saturated carbocycles. The van der Waals surface area contributed by atoms with E-state index in [1.54, 1.807) is 12.3 Å². The van der Waals surface area contributed by atoms with E-state index < -0.39 is 0 Å². The van der Waals surface area contributed by atoms with E-state index in [2.05, 4.69) is 10.3 Å². The first kappa shape index (κ1) is 12.4. The van der Waals surface area contributed by atoms with Crippen LogP contribution in [0.2, 0.25) is 0 Å². The summed E-state index contributed by atoms with van der Waals surface area (Å²) in [6.45, 7) is 2.79. The number of hydrogen-bond donors (Lipinski definition) is 1. The number of benzene rings is 1. The third-order valence-electron chi connectivity index (χ3n) is 2.75. The minimum Gasteiger partial charge on any atom is -0.373 e. The molecule has 1 aromatic heterocycles. The van der Waals surface area contributed by atoms with Crippen molar-refractivity contribution in [3.05, 3.63) is 48.4 Å². The SMILES string of the molecule is CCN(c1cccc(F)c1)c1ccnc(NC)c1. The molecule has 0 aliphatic heterocycles. The van der Waals surface area contributed by atoms with Crippen molar-refractivity contribution in [2.75, 3.05) is 23.8 Å². The molecule has 0 amide bonds. The van der Waals surface area contributed by atoms with Gasteiger partial charge in [-0.15, -0.1) is 0 Å². The molecule has 0 atom stereocenters. The topological polar surface area (TPSA) is 28.2 Å². The number of halogens is 1. The van der Waals surface area contributed by atoms with Crippen LogP contribution in [-0.4, -0.2) is 18.6 Å². The van der Waals surface area contributed by atoms with Gasteiger partial charge < -0.3 is 10.2 Å². The van der Waals surface area contributed by atoms with E-state index in [-0.39, 0.29) is 5.82 Å². The lowest BCUT2D eigenvalue weighted by Crippen LogP contribution is -2.16. The Hall–Kier alpha value is -2.10. The van der Waals surface area contributed by atoms with E-state index in [9.17, 15) is 4.39 Å². The highest BCUT2D eigenvalue weighted by molar-refractivity contribution is 5.65. The summed E-state index contributed by atoms with van der Waals surface area (Å²) in [6.07, 6.45) is 1.74. The molecule has 0 radical (unpaired) electrons. The minimum absolute atomic E-state index is 0.228. The van der Waals surface area contributed by atoms with Crippen LogP contribution in [-0.2, 0) is 0 Å². The Morgan fingerprint density at radius 2 is 2.00 bits per heavy atom. The first-order chi connectivity index (χ1) is 8.74. The molecule has 0 saturated heterocycles. The molecule has 0 spiro atoms. The number of aromatic nitrogens is 1. The minimum atomic E-state index is -0.228. The first-order valence-corrected chi connectivity index (χ1v) is 5.91. The predicted octanol–water partition coefficient (Wildman–Crippen LogP) is 3.42. The second-order valence-electron chi connectivity index (χ2n) is 3.87. The fourth-order valence-electron chi connectivity index (χ4n) is 1.88. The van der Waals surface area contributed by atoms with E-state index >= 15 is 0 Å². The van der Waals surface area contributed by atoms with Gasteiger partial charge in [0.15, 0.2) is 0 Å². The van der Waals surface area contributed by atoms with Crippen molar-refractivity contribution in [2.45, 2.75) is 6.92 Å². The summed E-state index contributed by atoms with van der Waals surface area (Å²) in [5, 5.41) is 3.00. The molecule has 2 aromatic rings. The molecule has 94 valence electrons. The van der Waals surface area contributed by atoms with Gasteiger partial charge in [-0.05, 0) is 31.2 Å². The fourth-order valence-corrected chi connectivity index (χ4v) is 1.88. The second-order valence-corrected chi connectivity index (χ2v) is 3.87. The summed E-state index contributed by atoms with van der Waals surface area (Å²) < 4.78 is 13.3. The molecule has 1 aromatic carbocycles. The van der Waals surface area contributed by atoms with Gasteiger partial charge in [-0.25, -0.2) is 9.37 Å². The van der Waals surface area contributed by atoms with E-state index in [0.717, 1.165) is 23.7 Å². The number of pyridine rings is 1. The maximum atomic E-state index is 13.3. The molecule has 1 N–H and O–H groups in total. The Morgan fingerprint density at radius 3 is 2.67 bits per heavy atom. The largest absolute Gasteiger partial charge is 0.373 e. The molecule has 0 bridgehead atoms. The second kappa shape index (κ2) is 5.49. The van der Waals surface area contributed by atoms with Crippen LogP contribution in [0.3, 0.4) is 0 Å². The maximum Gasteiger partial charge on any atom is 0.127 e. The predicted molar refractivity (Wildman–Crippen MR) is 72.9 cm³/mol. The maximum absolute atomic E-state index is 13.3. The van der Waals surface area contributed by atoms with E-state index in [1.165, 1.54) is 12.1 Å². The average molecular weight is 245 g/mol. The van der Waals surface area contributed by atoms with Crippen LogP contribution in [0.4, 0.5) is 21.6 Å². The molecule has 0 fully saturated rings. The van der Waals surface area contributed by atoms with Crippen molar-refractivity contribution < 1.29 is 4.39 Å². The number of nitrogens with one attached hydrogen (secondary N) is 1. The average Bonchev–Trinajstić information content (AvgIpc) is 2.40. The normalized spacial score (nSPS) is 10.2. The number of rotatable bonds is 4. The summed E-state index contributed by atoms with van der Waals surface area (Å²) in [6, 6.07) is 10.4.